The fraction of sp³-hybridized carbons (Fsp3) is 0.273. The number of aromatic nitrogens is 3. The van der Waals surface area contributed by atoms with E-state index in [0.29, 0.717) is 5.82 Å². The van der Waals surface area contributed by atoms with E-state index < -0.39 is 5.97 Å². The van der Waals surface area contributed by atoms with E-state index in [1.54, 1.807) is 17.5 Å². The van der Waals surface area contributed by atoms with Crippen LogP contribution in [0.1, 0.15) is 34.9 Å². The van der Waals surface area contributed by atoms with E-state index >= 15 is 0 Å². The largest absolute Gasteiger partial charge is 0.476 e. The van der Waals surface area contributed by atoms with Crippen molar-refractivity contribution in [3.8, 4) is 0 Å². The Balaban J connectivity index is 2.17. The number of anilines is 1. The second kappa shape index (κ2) is 5.54. The topological polar surface area (TPSA) is 88.0 Å². The summed E-state index contributed by atoms with van der Waals surface area (Å²) in [4.78, 5) is 22.9. The molecular formula is C11H12N4O2S. The number of thiazole rings is 1. The summed E-state index contributed by atoms with van der Waals surface area (Å²) >= 11 is 1.55. The van der Waals surface area contributed by atoms with Gasteiger partial charge in [-0.05, 0) is 6.42 Å². The summed E-state index contributed by atoms with van der Waals surface area (Å²) in [6.45, 7) is 2.02. The molecule has 0 aromatic carbocycles. The molecule has 0 amide bonds. The molecule has 0 saturated heterocycles. The molecular weight excluding hydrogens is 252 g/mol. The first kappa shape index (κ1) is 12.4. The minimum Gasteiger partial charge on any atom is -0.476 e. The van der Waals surface area contributed by atoms with Crippen molar-refractivity contribution >= 4 is 23.1 Å². The van der Waals surface area contributed by atoms with E-state index in [0.717, 1.165) is 11.4 Å². The van der Waals surface area contributed by atoms with Crippen molar-refractivity contribution in [1.82, 2.24) is 15.0 Å². The molecule has 0 spiro atoms. The number of rotatable bonds is 5. The van der Waals surface area contributed by atoms with Crippen molar-refractivity contribution in [1.29, 1.82) is 0 Å². The van der Waals surface area contributed by atoms with Gasteiger partial charge in [0.1, 0.15) is 10.8 Å². The molecule has 2 aromatic rings. The molecule has 2 N–H and O–H groups in total. The van der Waals surface area contributed by atoms with E-state index in [1.807, 2.05) is 12.3 Å². The van der Waals surface area contributed by atoms with Crippen LogP contribution in [0.25, 0.3) is 0 Å². The lowest BCUT2D eigenvalue weighted by atomic mass is 10.2. The van der Waals surface area contributed by atoms with Crippen molar-refractivity contribution in [2.45, 2.75) is 19.4 Å². The third-order valence-electron chi connectivity index (χ3n) is 2.33. The average molecular weight is 264 g/mol. The van der Waals surface area contributed by atoms with Gasteiger partial charge in [0, 0.05) is 11.6 Å². The monoisotopic (exact) mass is 264 g/mol. The van der Waals surface area contributed by atoms with Crippen molar-refractivity contribution in [2.75, 3.05) is 5.32 Å². The van der Waals surface area contributed by atoms with Crippen molar-refractivity contribution in [3.05, 3.63) is 34.7 Å². The van der Waals surface area contributed by atoms with E-state index in [4.69, 9.17) is 5.11 Å². The maximum Gasteiger partial charge on any atom is 0.356 e. The number of hydrogen-bond donors (Lipinski definition) is 2. The van der Waals surface area contributed by atoms with Crippen LogP contribution in [0.5, 0.6) is 0 Å². The Labute approximate surface area is 108 Å². The summed E-state index contributed by atoms with van der Waals surface area (Å²) in [7, 11) is 0. The van der Waals surface area contributed by atoms with Crippen LogP contribution >= 0.6 is 11.3 Å². The first-order valence-electron chi connectivity index (χ1n) is 5.42. The van der Waals surface area contributed by atoms with E-state index in [9.17, 15) is 4.79 Å². The number of hydrogen-bond acceptors (Lipinski definition) is 6. The zero-order chi connectivity index (χ0) is 13.0. The van der Waals surface area contributed by atoms with Gasteiger partial charge < -0.3 is 10.4 Å². The van der Waals surface area contributed by atoms with Crippen molar-refractivity contribution in [3.63, 3.8) is 0 Å². The molecule has 0 aliphatic carbocycles. The highest BCUT2D eigenvalue weighted by molar-refractivity contribution is 7.09. The predicted molar refractivity (Wildman–Crippen MR) is 67.8 cm³/mol. The lowest BCUT2D eigenvalue weighted by Crippen LogP contribution is -2.12. The van der Waals surface area contributed by atoms with Crippen LogP contribution in [0.2, 0.25) is 0 Å². The van der Waals surface area contributed by atoms with Crippen LogP contribution in [-0.2, 0) is 0 Å². The van der Waals surface area contributed by atoms with Gasteiger partial charge in [0.05, 0.1) is 18.4 Å². The standard InChI is InChI=1S/C11H12N4O2S/c1-2-7(10-13-3-4-18-10)14-9-6-12-5-8(15-9)11(16)17/h3-7H,2H2,1H3,(H,14,15)(H,16,17). The number of carbonyl (C=O) groups is 1. The second-order valence-corrected chi connectivity index (χ2v) is 4.50. The number of carboxylic acid groups (broad SMARTS) is 1. The van der Waals surface area contributed by atoms with Crippen LogP contribution in [0.15, 0.2) is 24.0 Å². The Kier molecular flexibility index (Phi) is 3.83. The van der Waals surface area contributed by atoms with Crippen molar-refractivity contribution in [2.24, 2.45) is 0 Å². The highest BCUT2D eigenvalue weighted by Gasteiger charge is 2.13. The van der Waals surface area contributed by atoms with E-state index in [1.165, 1.54) is 12.4 Å². The summed E-state index contributed by atoms with van der Waals surface area (Å²) < 4.78 is 0. The fourth-order valence-electron chi connectivity index (χ4n) is 1.46. The molecule has 0 saturated carbocycles. The van der Waals surface area contributed by atoms with Gasteiger partial charge in [0.15, 0.2) is 5.69 Å². The van der Waals surface area contributed by atoms with Crippen molar-refractivity contribution < 1.29 is 9.90 Å². The Bertz CT molecular complexity index is 530. The first-order chi connectivity index (χ1) is 8.70. The van der Waals surface area contributed by atoms with Gasteiger partial charge in [-0.25, -0.2) is 14.8 Å². The average Bonchev–Trinajstić information content (AvgIpc) is 2.90. The Morgan fingerprint density at radius 3 is 3.00 bits per heavy atom. The van der Waals surface area contributed by atoms with Gasteiger partial charge in [-0.2, -0.15) is 0 Å². The molecule has 18 heavy (non-hydrogen) atoms. The third kappa shape index (κ3) is 2.80. The predicted octanol–water partition coefficient (Wildman–Crippen LogP) is 2.19. The van der Waals surface area contributed by atoms with Gasteiger partial charge in [-0.1, -0.05) is 6.92 Å². The molecule has 2 heterocycles. The number of carboxylic acids is 1. The van der Waals surface area contributed by atoms with Crippen LogP contribution in [0.3, 0.4) is 0 Å². The minimum absolute atomic E-state index is 0.0170. The van der Waals surface area contributed by atoms with E-state index in [-0.39, 0.29) is 11.7 Å². The fourth-order valence-corrected chi connectivity index (χ4v) is 2.23. The number of nitrogens with one attached hydrogen (secondary N) is 1. The third-order valence-corrected chi connectivity index (χ3v) is 3.22. The van der Waals surface area contributed by atoms with Crippen LogP contribution < -0.4 is 5.32 Å². The quantitative estimate of drug-likeness (QED) is 0.860. The minimum atomic E-state index is -1.09. The van der Waals surface area contributed by atoms with Gasteiger partial charge in [-0.3, -0.25) is 4.98 Å². The van der Waals surface area contributed by atoms with Gasteiger partial charge in [-0.15, -0.1) is 11.3 Å². The Morgan fingerprint density at radius 1 is 1.56 bits per heavy atom. The SMILES string of the molecule is CCC(Nc1cncc(C(=O)O)n1)c1nccs1. The Morgan fingerprint density at radius 2 is 2.39 bits per heavy atom. The Hall–Kier alpha value is -2.02. The van der Waals surface area contributed by atoms with E-state index in [2.05, 4.69) is 20.3 Å². The summed E-state index contributed by atoms with van der Waals surface area (Å²) in [5, 5.41) is 14.8. The number of nitrogens with zero attached hydrogens (tertiary/aromatic N) is 3. The molecule has 2 rings (SSSR count). The molecule has 0 aliphatic heterocycles. The first-order valence-corrected chi connectivity index (χ1v) is 6.30. The zero-order valence-electron chi connectivity index (χ0n) is 9.70. The molecule has 2 aromatic heterocycles. The lowest BCUT2D eigenvalue weighted by Gasteiger charge is -2.14. The zero-order valence-corrected chi connectivity index (χ0v) is 10.5. The summed E-state index contributed by atoms with van der Waals surface area (Å²) in [6.07, 6.45) is 5.29. The molecule has 7 heteroatoms. The molecule has 94 valence electrons. The second-order valence-electron chi connectivity index (χ2n) is 3.57. The highest BCUT2D eigenvalue weighted by atomic mass is 32.1. The maximum absolute atomic E-state index is 10.8. The van der Waals surface area contributed by atoms with Crippen LogP contribution in [0, 0.1) is 0 Å². The summed E-state index contributed by atoms with van der Waals surface area (Å²) in [5.74, 6) is -0.648. The molecule has 1 atom stereocenters. The number of aromatic carboxylic acids is 1. The normalized spacial score (nSPS) is 12.1. The summed E-state index contributed by atoms with van der Waals surface area (Å²) in [5.41, 5.74) is -0.0750. The van der Waals surface area contributed by atoms with Crippen LogP contribution in [-0.4, -0.2) is 26.0 Å². The molecule has 0 aliphatic rings. The van der Waals surface area contributed by atoms with Gasteiger partial charge in [0.2, 0.25) is 0 Å². The molecule has 0 fully saturated rings. The lowest BCUT2D eigenvalue weighted by molar-refractivity contribution is 0.0690. The maximum atomic E-state index is 10.8. The highest BCUT2D eigenvalue weighted by Crippen LogP contribution is 2.22. The molecule has 0 bridgehead atoms. The summed E-state index contributed by atoms with van der Waals surface area (Å²) in [6, 6.07) is 0.0170. The van der Waals surface area contributed by atoms with Gasteiger partial charge >= 0.3 is 5.97 Å². The molecule has 1 unspecified atom stereocenters. The smallest absolute Gasteiger partial charge is 0.356 e. The van der Waals surface area contributed by atoms with Gasteiger partial charge in [0.25, 0.3) is 0 Å². The molecule has 0 radical (unpaired) electrons. The van der Waals surface area contributed by atoms with Crippen LogP contribution in [0.4, 0.5) is 5.82 Å². The molecule has 6 nitrogen and oxygen atoms in total.